The Kier molecular flexibility index (Phi) is 3.92. The molecule has 1 heterocycles. The summed E-state index contributed by atoms with van der Waals surface area (Å²) in [6.07, 6.45) is 0. The molecule has 1 aliphatic heterocycles. The van der Waals surface area contributed by atoms with Gasteiger partial charge in [0.1, 0.15) is 5.75 Å². The van der Waals surface area contributed by atoms with Crippen LogP contribution in [0, 0.1) is 12.8 Å². The van der Waals surface area contributed by atoms with Crippen LogP contribution >= 0.6 is 11.6 Å². The van der Waals surface area contributed by atoms with E-state index in [1.165, 1.54) is 0 Å². The summed E-state index contributed by atoms with van der Waals surface area (Å²) >= 11 is 6.21. The summed E-state index contributed by atoms with van der Waals surface area (Å²) in [6.45, 7) is 4.08. The van der Waals surface area contributed by atoms with E-state index in [2.05, 4.69) is 10.6 Å². The van der Waals surface area contributed by atoms with Crippen LogP contribution in [0.5, 0.6) is 5.75 Å². The van der Waals surface area contributed by atoms with Crippen molar-refractivity contribution in [2.45, 2.75) is 13.0 Å². The molecule has 1 saturated heterocycles. The molecule has 94 valence electrons. The van der Waals surface area contributed by atoms with Crippen molar-refractivity contribution < 1.29 is 4.74 Å². The van der Waals surface area contributed by atoms with Crippen LogP contribution in [0.3, 0.4) is 0 Å². The molecule has 0 aromatic heterocycles. The molecule has 1 aliphatic rings. The maximum absolute atomic E-state index is 6.21. The molecule has 0 aliphatic carbocycles. The number of hydrogen-bond acceptors (Lipinski definition) is 3. The quantitative estimate of drug-likeness (QED) is 0.864. The van der Waals surface area contributed by atoms with E-state index < -0.39 is 0 Å². The number of methoxy groups -OCH3 is 1. The minimum Gasteiger partial charge on any atom is -0.496 e. The van der Waals surface area contributed by atoms with E-state index in [-0.39, 0.29) is 0 Å². The van der Waals surface area contributed by atoms with Gasteiger partial charge in [-0.05, 0) is 31.7 Å². The van der Waals surface area contributed by atoms with Gasteiger partial charge in [-0.1, -0.05) is 11.6 Å². The van der Waals surface area contributed by atoms with E-state index in [1.807, 2.05) is 26.1 Å². The van der Waals surface area contributed by atoms with Gasteiger partial charge in [-0.25, -0.2) is 0 Å². The highest BCUT2D eigenvalue weighted by Gasteiger charge is 2.29. The number of rotatable bonds is 4. The van der Waals surface area contributed by atoms with Crippen molar-refractivity contribution in [3.8, 4) is 5.75 Å². The van der Waals surface area contributed by atoms with Crippen LogP contribution in [0.4, 0.5) is 0 Å². The first-order valence-corrected chi connectivity index (χ1v) is 6.27. The standard InChI is InChI=1S/C13H19ClN2O/c1-8-4-12(17-3)10(5-11(8)14)13(15-2)9-6-16-7-9/h4-5,9,13,15-16H,6-7H2,1-3H3. The number of benzene rings is 1. The van der Waals surface area contributed by atoms with Crippen molar-refractivity contribution >= 4 is 11.6 Å². The van der Waals surface area contributed by atoms with E-state index in [9.17, 15) is 0 Å². The number of nitrogens with one attached hydrogen (secondary N) is 2. The number of halogens is 1. The van der Waals surface area contributed by atoms with Crippen LogP contribution in [-0.4, -0.2) is 27.2 Å². The maximum atomic E-state index is 6.21. The summed E-state index contributed by atoms with van der Waals surface area (Å²) in [5.74, 6) is 1.52. The van der Waals surface area contributed by atoms with Crippen molar-refractivity contribution in [1.82, 2.24) is 10.6 Å². The highest BCUT2D eigenvalue weighted by Crippen LogP contribution is 2.35. The van der Waals surface area contributed by atoms with Gasteiger partial charge >= 0.3 is 0 Å². The average molecular weight is 255 g/mol. The SMILES string of the molecule is CNC(c1cc(Cl)c(C)cc1OC)C1CNC1. The summed E-state index contributed by atoms with van der Waals surface area (Å²) in [5.41, 5.74) is 2.20. The second-order valence-corrected chi connectivity index (χ2v) is 4.94. The molecule has 0 bridgehead atoms. The van der Waals surface area contributed by atoms with Crippen LogP contribution in [0.25, 0.3) is 0 Å². The smallest absolute Gasteiger partial charge is 0.124 e. The molecular weight excluding hydrogens is 236 g/mol. The molecule has 2 rings (SSSR count). The number of ether oxygens (including phenoxy) is 1. The molecule has 17 heavy (non-hydrogen) atoms. The molecule has 3 nitrogen and oxygen atoms in total. The molecule has 0 amide bonds. The minimum absolute atomic E-state index is 0.296. The molecule has 1 aromatic carbocycles. The van der Waals surface area contributed by atoms with Crippen LogP contribution in [0.15, 0.2) is 12.1 Å². The molecule has 0 spiro atoms. The zero-order chi connectivity index (χ0) is 12.4. The molecule has 1 unspecified atom stereocenters. The summed E-state index contributed by atoms with van der Waals surface area (Å²) < 4.78 is 5.46. The van der Waals surface area contributed by atoms with Crippen molar-refractivity contribution in [2.75, 3.05) is 27.2 Å². The van der Waals surface area contributed by atoms with Gasteiger partial charge < -0.3 is 15.4 Å². The van der Waals surface area contributed by atoms with Crippen LogP contribution in [0.1, 0.15) is 17.2 Å². The van der Waals surface area contributed by atoms with E-state index >= 15 is 0 Å². The summed E-state index contributed by atoms with van der Waals surface area (Å²) in [7, 11) is 3.69. The molecule has 1 atom stereocenters. The third-order valence-corrected chi connectivity index (χ3v) is 3.85. The first-order valence-electron chi connectivity index (χ1n) is 5.89. The van der Waals surface area contributed by atoms with Gasteiger partial charge in [0.15, 0.2) is 0 Å². The van der Waals surface area contributed by atoms with Crippen LogP contribution in [0.2, 0.25) is 5.02 Å². The highest BCUT2D eigenvalue weighted by atomic mass is 35.5. The molecule has 1 fully saturated rings. The Balaban J connectivity index is 2.37. The Labute approximate surface area is 107 Å². The summed E-state index contributed by atoms with van der Waals surface area (Å²) in [5, 5.41) is 7.46. The zero-order valence-corrected chi connectivity index (χ0v) is 11.3. The largest absolute Gasteiger partial charge is 0.496 e. The predicted octanol–water partition coefficient (Wildman–Crippen LogP) is 2.14. The van der Waals surface area contributed by atoms with E-state index in [4.69, 9.17) is 16.3 Å². The lowest BCUT2D eigenvalue weighted by molar-refractivity contribution is 0.262. The minimum atomic E-state index is 0.296. The van der Waals surface area contributed by atoms with Crippen LogP contribution in [-0.2, 0) is 0 Å². The van der Waals surface area contributed by atoms with Crippen molar-refractivity contribution in [1.29, 1.82) is 0 Å². The Morgan fingerprint density at radius 1 is 1.47 bits per heavy atom. The fraction of sp³-hybridized carbons (Fsp3) is 0.538. The second-order valence-electron chi connectivity index (χ2n) is 4.53. The Morgan fingerprint density at radius 3 is 2.65 bits per heavy atom. The molecule has 2 N–H and O–H groups in total. The van der Waals surface area contributed by atoms with Gasteiger partial charge in [0.05, 0.1) is 7.11 Å². The predicted molar refractivity (Wildman–Crippen MR) is 70.9 cm³/mol. The van der Waals surface area contributed by atoms with Crippen molar-refractivity contribution in [3.05, 3.63) is 28.3 Å². The lowest BCUT2D eigenvalue weighted by Gasteiger charge is -2.35. The molecular formula is C13H19ClN2O. The number of aryl methyl sites for hydroxylation is 1. The van der Waals surface area contributed by atoms with Crippen molar-refractivity contribution in [2.24, 2.45) is 5.92 Å². The third kappa shape index (κ3) is 2.41. The van der Waals surface area contributed by atoms with E-state index in [0.717, 1.165) is 35.0 Å². The lowest BCUT2D eigenvalue weighted by atomic mass is 9.88. The second kappa shape index (κ2) is 5.25. The fourth-order valence-electron chi connectivity index (χ4n) is 2.28. The topological polar surface area (TPSA) is 33.3 Å². The van der Waals surface area contributed by atoms with Gasteiger partial charge in [-0.2, -0.15) is 0 Å². The Morgan fingerprint density at radius 2 is 2.18 bits per heavy atom. The fourth-order valence-corrected chi connectivity index (χ4v) is 2.45. The normalized spacial score (nSPS) is 17.6. The molecule has 1 aromatic rings. The van der Waals surface area contributed by atoms with Gasteiger partial charge in [-0.15, -0.1) is 0 Å². The zero-order valence-electron chi connectivity index (χ0n) is 10.5. The van der Waals surface area contributed by atoms with Crippen LogP contribution < -0.4 is 15.4 Å². The van der Waals surface area contributed by atoms with Gasteiger partial charge in [0.25, 0.3) is 0 Å². The Bertz CT molecular complexity index is 405. The summed E-state index contributed by atoms with van der Waals surface area (Å²) in [4.78, 5) is 0. The van der Waals surface area contributed by atoms with E-state index in [0.29, 0.717) is 12.0 Å². The summed E-state index contributed by atoms with van der Waals surface area (Å²) in [6, 6.07) is 4.33. The average Bonchev–Trinajstić information content (AvgIpc) is 2.26. The molecule has 4 heteroatoms. The number of hydrogen-bond donors (Lipinski definition) is 2. The van der Waals surface area contributed by atoms with E-state index in [1.54, 1.807) is 7.11 Å². The molecule has 0 saturated carbocycles. The highest BCUT2D eigenvalue weighted by molar-refractivity contribution is 6.31. The monoisotopic (exact) mass is 254 g/mol. The van der Waals surface area contributed by atoms with Gasteiger partial charge in [0, 0.05) is 35.6 Å². The maximum Gasteiger partial charge on any atom is 0.124 e. The first-order chi connectivity index (χ1) is 8.17. The first kappa shape index (κ1) is 12.7. The Hall–Kier alpha value is -0.770. The van der Waals surface area contributed by atoms with Crippen molar-refractivity contribution in [3.63, 3.8) is 0 Å². The molecule has 0 radical (unpaired) electrons. The third-order valence-electron chi connectivity index (χ3n) is 3.44. The van der Waals surface area contributed by atoms with Gasteiger partial charge in [-0.3, -0.25) is 0 Å². The lowest BCUT2D eigenvalue weighted by Crippen LogP contribution is -2.48. The van der Waals surface area contributed by atoms with Gasteiger partial charge in [0.2, 0.25) is 0 Å².